The molecule has 1 heterocycles. The molecular formula is C20H26N2S2. The standard InChI is InChI=1S/C20H26N2S2/c1-3-9-19-17(7-1)15-21-11-5-6-12-22-16-18-8-2-4-10-20(18)24-14-13-23-19/h1-4,7-10,21-22H,5-6,11-16H2. The normalized spacial score (nSPS) is 17.7. The number of hydrogen-bond donors (Lipinski definition) is 2. The monoisotopic (exact) mass is 358 g/mol. The topological polar surface area (TPSA) is 24.1 Å². The summed E-state index contributed by atoms with van der Waals surface area (Å²) in [6.07, 6.45) is 2.44. The first kappa shape index (κ1) is 17.9. The van der Waals surface area contributed by atoms with Gasteiger partial charge < -0.3 is 10.6 Å². The molecule has 2 N–H and O–H groups in total. The molecule has 24 heavy (non-hydrogen) atoms. The zero-order valence-electron chi connectivity index (χ0n) is 14.1. The Balaban J connectivity index is 1.66. The Labute approximate surface area is 154 Å². The maximum atomic E-state index is 3.59. The van der Waals surface area contributed by atoms with E-state index in [4.69, 9.17) is 0 Å². The highest BCUT2D eigenvalue weighted by Gasteiger charge is 2.05. The smallest absolute Gasteiger partial charge is 0.0216 e. The second kappa shape index (κ2) is 10.1. The summed E-state index contributed by atoms with van der Waals surface area (Å²) >= 11 is 3.96. The molecule has 0 spiro atoms. The van der Waals surface area contributed by atoms with Gasteiger partial charge in [-0.3, -0.25) is 0 Å². The lowest BCUT2D eigenvalue weighted by molar-refractivity contribution is 0.579. The van der Waals surface area contributed by atoms with Gasteiger partial charge in [0.1, 0.15) is 0 Å². The van der Waals surface area contributed by atoms with Gasteiger partial charge >= 0.3 is 0 Å². The number of fused-ring (bicyclic) bond motifs is 2. The summed E-state index contributed by atoms with van der Waals surface area (Å²) in [4.78, 5) is 2.85. The van der Waals surface area contributed by atoms with Crippen molar-refractivity contribution in [2.45, 2.75) is 35.7 Å². The first-order valence-electron chi connectivity index (χ1n) is 8.76. The third-order valence-corrected chi connectivity index (χ3v) is 6.63. The average Bonchev–Trinajstić information content (AvgIpc) is 2.62. The van der Waals surface area contributed by atoms with Crippen molar-refractivity contribution in [1.82, 2.24) is 10.6 Å². The van der Waals surface area contributed by atoms with E-state index in [0.29, 0.717) is 0 Å². The quantitative estimate of drug-likeness (QED) is 0.722. The Morgan fingerprint density at radius 2 is 1.08 bits per heavy atom. The van der Waals surface area contributed by atoms with Crippen LogP contribution in [0.1, 0.15) is 24.0 Å². The Morgan fingerprint density at radius 3 is 1.58 bits per heavy atom. The molecule has 3 rings (SSSR count). The Morgan fingerprint density at radius 1 is 0.625 bits per heavy atom. The van der Waals surface area contributed by atoms with Crippen molar-refractivity contribution in [3.63, 3.8) is 0 Å². The van der Waals surface area contributed by atoms with Gasteiger partial charge in [-0.05, 0) is 49.2 Å². The first-order chi connectivity index (χ1) is 11.9. The van der Waals surface area contributed by atoms with Crippen LogP contribution in [0.4, 0.5) is 0 Å². The highest BCUT2D eigenvalue weighted by Crippen LogP contribution is 2.27. The summed E-state index contributed by atoms with van der Waals surface area (Å²) < 4.78 is 0. The fourth-order valence-electron chi connectivity index (χ4n) is 2.83. The van der Waals surface area contributed by atoms with Crippen molar-refractivity contribution in [3.05, 3.63) is 59.7 Å². The van der Waals surface area contributed by atoms with Gasteiger partial charge in [0.05, 0.1) is 0 Å². The third-order valence-electron chi connectivity index (χ3n) is 4.13. The zero-order valence-corrected chi connectivity index (χ0v) is 15.7. The first-order valence-corrected chi connectivity index (χ1v) is 10.7. The number of hydrogen-bond acceptors (Lipinski definition) is 4. The third kappa shape index (κ3) is 5.55. The fraction of sp³-hybridized carbons (Fsp3) is 0.400. The van der Waals surface area contributed by atoms with Crippen molar-refractivity contribution >= 4 is 23.5 Å². The second-order valence-electron chi connectivity index (χ2n) is 5.97. The number of thioether (sulfide) groups is 2. The number of benzene rings is 2. The van der Waals surface area contributed by atoms with Gasteiger partial charge in [0.2, 0.25) is 0 Å². The molecule has 0 amide bonds. The summed E-state index contributed by atoms with van der Waals surface area (Å²) in [7, 11) is 0. The highest BCUT2D eigenvalue weighted by atomic mass is 32.2. The molecule has 0 radical (unpaired) electrons. The lowest BCUT2D eigenvalue weighted by Gasteiger charge is -2.13. The number of rotatable bonds is 0. The van der Waals surface area contributed by atoms with E-state index in [1.165, 1.54) is 33.8 Å². The summed E-state index contributed by atoms with van der Waals surface area (Å²) in [5.74, 6) is 2.28. The molecule has 4 heteroatoms. The Bertz CT molecular complexity index is 575. The molecule has 0 aliphatic carbocycles. The minimum absolute atomic E-state index is 0.979. The van der Waals surface area contributed by atoms with E-state index in [0.717, 1.165) is 37.7 Å². The summed E-state index contributed by atoms with van der Waals surface area (Å²) in [6, 6.07) is 17.6. The van der Waals surface area contributed by atoms with Gasteiger partial charge in [0.25, 0.3) is 0 Å². The maximum absolute atomic E-state index is 3.59. The van der Waals surface area contributed by atoms with Crippen LogP contribution in [-0.4, -0.2) is 24.6 Å². The molecule has 0 bridgehead atoms. The molecule has 0 saturated heterocycles. The molecular weight excluding hydrogens is 332 g/mol. The van der Waals surface area contributed by atoms with Crippen molar-refractivity contribution in [3.8, 4) is 0 Å². The molecule has 0 aromatic heterocycles. The van der Waals surface area contributed by atoms with Crippen LogP contribution in [0.2, 0.25) is 0 Å². The summed E-state index contributed by atoms with van der Waals surface area (Å²) in [5.41, 5.74) is 2.86. The van der Waals surface area contributed by atoms with Gasteiger partial charge in [-0.2, -0.15) is 0 Å². The van der Waals surface area contributed by atoms with Crippen molar-refractivity contribution < 1.29 is 0 Å². The van der Waals surface area contributed by atoms with E-state index in [9.17, 15) is 0 Å². The van der Waals surface area contributed by atoms with Crippen LogP contribution in [0.15, 0.2) is 58.3 Å². The van der Waals surface area contributed by atoms with E-state index in [1.54, 1.807) is 0 Å². The van der Waals surface area contributed by atoms with Crippen LogP contribution >= 0.6 is 23.5 Å². The van der Waals surface area contributed by atoms with E-state index in [1.807, 2.05) is 23.5 Å². The number of nitrogens with one attached hydrogen (secondary N) is 2. The predicted molar refractivity (Wildman–Crippen MR) is 107 cm³/mol. The van der Waals surface area contributed by atoms with Crippen molar-refractivity contribution in [2.24, 2.45) is 0 Å². The largest absolute Gasteiger partial charge is 0.313 e. The molecule has 2 aromatic carbocycles. The highest BCUT2D eigenvalue weighted by molar-refractivity contribution is 8.03. The molecule has 1 aliphatic rings. The zero-order chi connectivity index (χ0) is 16.5. The Kier molecular flexibility index (Phi) is 7.55. The molecule has 2 nitrogen and oxygen atoms in total. The van der Waals surface area contributed by atoms with Crippen LogP contribution < -0.4 is 10.6 Å². The molecule has 0 fully saturated rings. The van der Waals surface area contributed by atoms with Crippen molar-refractivity contribution in [2.75, 3.05) is 24.6 Å². The van der Waals surface area contributed by atoms with Crippen LogP contribution in [-0.2, 0) is 13.1 Å². The lowest BCUT2D eigenvalue weighted by Crippen LogP contribution is -2.19. The SMILES string of the molecule is c1ccc2c(c1)CNCCCCNCc1ccccc1SCCS2. The molecule has 1 aliphatic heterocycles. The molecule has 128 valence electrons. The van der Waals surface area contributed by atoms with Crippen LogP contribution in [0.5, 0.6) is 0 Å². The maximum Gasteiger partial charge on any atom is 0.0216 e. The van der Waals surface area contributed by atoms with Crippen molar-refractivity contribution in [1.29, 1.82) is 0 Å². The van der Waals surface area contributed by atoms with Gasteiger partial charge in [-0.25, -0.2) is 0 Å². The average molecular weight is 359 g/mol. The molecule has 0 atom stereocenters. The summed E-state index contributed by atoms with van der Waals surface area (Å²) in [5, 5.41) is 7.19. The van der Waals surface area contributed by atoms with Gasteiger partial charge in [0, 0.05) is 34.4 Å². The van der Waals surface area contributed by atoms with Crippen LogP contribution in [0, 0.1) is 0 Å². The van der Waals surface area contributed by atoms with E-state index in [2.05, 4.69) is 59.2 Å². The van der Waals surface area contributed by atoms with Gasteiger partial charge in [-0.15, -0.1) is 23.5 Å². The lowest BCUT2D eigenvalue weighted by atomic mass is 10.2. The Hall–Kier alpha value is -0.940. The minimum atomic E-state index is 0.979. The molecule has 2 aromatic rings. The fourth-order valence-corrected chi connectivity index (χ4v) is 4.94. The van der Waals surface area contributed by atoms with Gasteiger partial charge in [0.15, 0.2) is 0 Å². The van der Waals surface area contributed by atoms with Crippen LogP contribution in [0.3, 0.4) is 0 Å². The van der Waals surface area contributed by atoms with Crippen LogP contribution in [0.25, 0.3) is 0 Å². The molecule has 0 saturated carbocycles. The van der Waals surface area contributed by atoms with E-state index >= 15 is 0 Å². The summed E-state index contributed by atoms with van der Waals surface area (Å²) in [6.45, 7) is 4.14. The second-order valence-corrected chi connectivity index (χ2v) is 8.25. The van der Waals surface area contributed by atoms with Gasteiger partial charge in [-0.1, -0.05) is 36.4 Å². The predicted octanol–water partition coefficient (Wildman–Crippen LogP) is 4.54. The molecule has 0 unspecified atom stereocenters. The van der Waals surface area contributed by atoms with E-state index < -0.39 is 0 Å². The van der Waals surface area contributed by atoms with E-state index in [-0.39, 0.29) is 0 Å². The minimum Gasteiger partial charge on any atom is -0.313 e.